The lowest BCUT2D eigenvalue weighted by molar-refractivity contribution is -0.147. The van der Waals surface area contributed by atoms with Gasteiger partial charge in [0.25, 0.3) is 5.56 Å². The zero-order chi connectivity index (χ0) is 19.5. The summed E-state index contributed by atoms with van der Waals surface area (Å²) < 4.78 is 4.97. The maximum atomic E-state index is 11.9. The molecule has 1 rings (SSSR count). The number of unbranched alkanes of at least 4 members (excludes halogenated alkanes) is 1. The van der Waals surface area contributed by atoms with Crippen molar-refractivity contribution < 1.29 is 14.3 Å². The highest BCUT2D eigenvalue weighted by atomic mass is 16.5. The third-order valence-corrected chi connectivity index (χ3v) is 3.91. The van der Waals surface area contributed by atoms with Crippen molar-refractivity contribution in [2.75, 3.05) is 18.5 Å². The molecule has 0 aliphatic rings. The van der Waals surface area contributed by atoms with Crippen molar-refractivity contribution in [3.05, 3.63) is 22.1 Å². The Labute approximate surface area is 154 Å². The number of nitrogens with zero attached hydrogens (tertiary/aromatic N) is 1. The lowest BCUT2D eigenvalue weighted by atomic mass is 9.96. The lowest BCUT2D eigenvalue weighted by Gasteiger charge is -2.15. The molecule has 146 valence electrons. The van der Waals surface area contributed by atoms with E-state index in [1.807, 2.05) is 0 Å². The molecule has 0 bridgehead atoms. The van der Waals surface area contributed by atoms with Crippen molar-refractivity contribution in [3.63, 3.8) is 0 Å². The molecule has 1 atom stereocenters. The maximum Gasteiger partial charge on any atom is 0.321 e. The molecule has 0 saturated heterocycles. The largest absolute Gasteiger partial charge is 0.464 e. The van der Waals surface area contributed by atoms with E-state index >= 15 is 0 Å². The number of anilines is 1. The van der Waals surface area contributed by atoms with E-state index in [2.05, 4.69) is 34.4 Å². The molecule has 3 N–H and O–H groups in total. The van der Waals surface area contributed by atoms with E-state index in [1.54, 1.807) is 13.8 Å². The van der Waals surface area contributed by atoms with Gasteiger partial charge in [-0.2, -0.15) is 0 Å². The molecule has 26 heavy (non-hydrogen) atoms. The molecule has 8 nitrogen and oxygen atoms in total. The van der Waals surface area contributed by atoms with Crippen LogP contribution in [-0.4, -0.2) is 35.1 Å². The van der Waals surface area contributed by atoms with Gasteiger partial charge in [-0.15, -0.1) is 0 Å². The van der Waals surface area contributed by atoms with Gasteiger partial charge in [0.05, 0.1) is 18.2 Å². The second-order valence-electron chi connectivity index (χ2n) is 6.47. The van der Waals surface area contributed by atoms with Crippen molar-refractivity contribution in [2.24, 2.45) is 5.92 Å². The Morgan fingerprint density at radius 2 is 2.04 bits per heavy atom. The zero-order valence-electron chi connectivity index (χ0n) is 16.1. The molecular formula is C18H30N4O4. The SMILES string of the molecule is CCCCC(CC)c1cc(=O)[nH]c(NC(=O)NCCOC(=O)C(C)C)n1. The van der Waals surface area contributed by atoms with E-state index in [0.29, 0.717) is 5.69 Å². The molecule has 0 aliphatic heterocycles. The summed E-state index contributed by atoms with van der Waals surface area (Å²) in [4.78, 5) is 42.0. The van der Waals surface area contributed by atoms with E-state index < -0.39 is 6.03 Å². The lowest BCUT2D eigenvalue weighted by Crippen LogP contribution is -2.33. The normalized spacial score (nSPS) is 11.9. The molecule has 1 aromatic heterocycles. The predicted octanol–water partition coefficient (Wildman–Crippen LogP) is 2.77. The highest BCUT2D eigenvalue weighted by Crippen LogP contribution is 2.23. The number of amides is 2. The maximum absolute atomic E-state index is 11.9. The number of urea groups is 1. The molecule has 1 heterocycles. The first-order chi connectivity index (χ1) is 12.4. The minimum Gasteiger partial charge on any atom is -0.464 e. The number of ether oxygens (including phenoxy) is 1. The van der Waals surface area contributed by atoms with Crippen LogP contribution in [0.2, 0.25) is 0 Å². The van der Waals surface area contributed by atoms with E-state index in [9.17, 15) is 14.4 Å². The number of aromatic amines is 1. The van der Waals surface area contributed by atoms with E-state index in [1.165, 1.54) is 6.07 Å². The number of hydrogen-bond donors (Lipinski definition) is 3. The quantitative estimate of drug-likeness (QED) is 0.435. The Balaban J connectivity index is 2.59. The van der Waals surface area contributed by atoms with Crippen LogP contribution >= 0.6 is 0 Å². The number of carbonyl (C=O) groups excluding carboxylic acids is 2. The van der Waals surface area contributed by atoms with Crippen molar-refractivity contribution >= 4 is 17.9 Å². The number of H-pyrrole nitrogens is 1. The third-order valence-electron chi connectivity index (χ3n) is 3.91. The van der Waals surface area contributed by atoms with Crippen LogP contribution in [0.1, 0.15) is 65.0 Å². The van der Waals surface area contributed by atoms with Crippen LogP contribution in [-0.2, 0) is 9.53 Å². The summed E-state index contributed by atoms with van der Waals surface area (Å²) in [5.41, 5.74) is 0.386. The number of carbonyl (C=O) groups is 2. The average Bonchev–Trinajstić information content (AvgIpc) is 2.58. The average molecular weight is 366 g/mol. The number of nitrogens with one attached hydrogen (secondary N) is 3. The minimum atomic E-state index is -0.521. The van der Waals surface area contributed by atoms with Gasteiger partial charge in [-0.25, -0.2) is 9.78 Å². The first kappa shape index (κ1) is 21.7. The van der Waals surface area contributed by atoms with Crippen LogP contribution in [0.5, 0.6) is 0 Å². The first-order valence-electron chi connectivity index (χ1n) is 9.20. The predicted molar refractivity (Wildman–Crippen MR) is 100 cm³/mol. The minimum absolute atomic E-state index is 0.0867. The topological polar surface area (TPSA) is 113 Å². The number of rotatable bonds is 10. The molecule has 0 fully saturated rings. The summed E-state index contributed by atoms with van der Waals surface area (Å²) in [6, 6.07) is 0.964. The third kappa shape index (κ3) is 7.67. The summed E-state index contributed by atoms with van der Waals surface area (Å²) in [6.45, 7) is 7.91. The van der Waals surface area contributed by atoms with E-state index in [0.717, 1.165) is 25.7 Å². The van der Waals surface area contributed by atoms with E-state index in [-0.39, 0.29) is 42.5 Å². The van der Waals surface area contributed by atoms with Gasteiger partial charge in [0.2, 0.25) is 5.95 Å². The molecule has 1 aromatic rings. The standard InChI is InChI=1S/C18H30N4O4/c1-5-7-8-13(6-2)14-11-15(23)21-17(20-14)22-18(25)19-9-10-26-16(24)12(3)4/h11-13H,5-10H2,1-4H3,(H3,19,20,21,22,23,25). The molecule has 0 saturated carbocycles. The smallest absolute Gasteiger partial charge is 0.321 e. The van der Waals surface area contributed by atoms with Gasteiger partial charge in [0.15, 0.2) is 0 Å². The van der Waals surface area contributed by atoms with Crippen LogP contribution in [0, 0.1) is 5.92 Å². The number of aromatic nitrogens is 2. The highest BCUT2D eigenvalue weighted by molar-refractivity contribution is 5.87. The monoisotopic (exact) mass is 366 g/mol. The Bertz CT molecular complexity index is 642. The van der Waals surface area contributed by atoms with Crippen molar-refractivity contribution in [3.8, 4) is 0 Å². The van der Waals surface area contributed by atoms with Crippen LogP contribution in [0.15, 0.2) is 10.9 Å². The summed E-state index contributed by atoms with van der Waals surface area (Å²) in [5, 5.41) is 5.06. The molecule has 2 amide bonds. The fourth-order valence-corrected chi connectivity index (χ4v) is 2.39. The van der Waals surface area contributed by atoms with Gasteiger partial charge in [0.1, 0.15) is 6.61 Å². The van der Waals surface area contributed by atoms with Crippen LogP contribution in [0.25, 0.3) is 0 Å². The Kier molecular flexibility index (Phi) is 9.40. The Morgan fingerprint density at radius 3 is 2.65 bits per heavy atom. The van der Waals surface area contributed by atoms with Crippen molar-refractivity contribution in [1.29, 1.82) is 0 Å². The summed E-state index contributed by atoms with van der Waals surface area (Å²) in [6.07, 6.45) is 3.97. The van der Waals surface area contributed by atoms with Gasteiger partial charge in [0, 0.05) is 12.0 Å². The zero-order valence-corrected chi connectivity index (χ0v) is 16.1. The molecule has 0 aromatic carbocycles. The highest BCUT2D eigenvalue weighted by Gasteiger charge is 2.14. The van der Waals surface area contributed by atoms with Gasteiger partial charge >= 0.3 is 12.0 Å². The van der Waals surface area contributed by atoms with Crippen LogP contribution in [0.4, 0.5) is 10.7 Å². The van der Waals surface area contributed by atoms with Gasteiger partial charge in [-0.3, -0.25) is 19.9 Å². The molecule has 1 unspecified atom stereocenters. The van der Waals surface area contributed by atoms with Gasteiger partial charge in [-0.05, 0) is 12.8 Å². The first-order valence-corrected chi connectivity index (χ1v) is 9.20. The molecule has 8 heteroatoms. The van der Waals surface area contributed by atoms with Crippen LogP contribution < -0.4 is 16.2 Å². The molecule has 0 aliphatic carbocycles. The van der Waals surface area contributed by atoms with Crippen LogP contribution in [0.3, 0.4) is 0 Å². The summed E-state index contributed by atoms with van der Waals surface area (Å²) in [7, 11) is 0. The second-order valence-corrected chi connectivity index (χ2v) is 6.47. The van der Waals surface area contributed by atoms with Crippen molar-refractivity contribution in [1.82, 2.24) is 15.3 Å². The van der Waals surface area contributed by atoms with Gasteiger partial charge < -0.3 is 10.1 Å². The van der Waals surface area contributed by atoms with Crippen molar-refractivity contribution in [2.45, 2.75) is 59.3 Å². The summed E-state index contributed by atoms with van der Waals surface area (Å²) in [5.74, 6) is -0.223. The molecular weight excluding hydrogens is 336 g/mol. The molecule has 0 spiro atoms. The van der Waals surface area contributed by atoms with E-state index in [4.69, 9.17) is 4.74 Å². The molecule has 0 radical (unpaired) electrons. The summed E-state index contributed by atoms with van der Waals surface area (Å²) >= 11 is 0. The second kappa shape index (κ2) is 11.3. The fourth-order valence-electron chi connectivity index (χ4n) is 2.39. The number of hydrogen-bond acceptors (Lipinski definition) is 5. The fraction of sp³-hybridized carbons (Fsp3) is 0.667. The van der Waals surface area contributed by atoms with Gasteiger partial charge in [-0.1, -0.05) is 40.5 Å². The Morgan fingerprint density at radius 1 is 1.31 bits per heavy atom. The number of esters is 1. The Hall–Kier alpha value is -2.38.